The first kappa shape index (κ1) is 28.4. The van der Waals surface area contributed by atoms with Crippen LogP contribution in [0.3, 0.4) is 0 Å². The van der Waals surface area contributed by atoms with Crippen molar-refractivity contribution < 1.29 is 12.4 Å². The fraction of sp³-hybridized carbons (Fsp3) is 0.500. The van der Waals surface area contributed by atoms with E-state index in [1.54, 1.807) is 0 Å². The first-order chi connectivity index (χ1) is 17.0. The SMILES string of the molecule is CCCCC1=Cc2c(C)ccc(C)c2[CH]1[Ti]([Cl])([Cl])([CH]1C(CCCC)=Cc2c(C)ccc(C)c21)[SiH](C)C. The number of hydrogen-bond donors (Lipinski definition) is 0. The minimum absolute atomic E-state index is 0.208. The number of unbranched alkanes of at least 4 members (excludes halogenated alkanes) is 2. The third-order valence-corrected chi connectivity index (χ3v) is 44.5. The van der Waals surface area contributed by atoms with Crippen LogP contribution >= 0.6 is 18.6 Å². The summed E-state index contributed by atoms with van der Waals surface area (Å²) in [6, 6.07) is 9.19. The van der Waals surface area contributed by atoms with E-state index in [2.05, 4.69) is 91.1 Å². The quantitative estimate of drug-likeness (QED) is 0.261. The molecule has 36 heavy (non-hydrogen) atoms. The zero-order valence-corrected chi connectivity index (χ0v) is 27.9. The predicted octanol–water partition coefficient (Wildman–Crippen LogP) is 10.9. The molecule has 0 fully saturated rings. The van der Waals surface area contributed by atoms with Gasteiger partial charge < -0.3 is 0 Å². The van der Waals surface area contributed by atoms with Gasteiger partial charge in [-0.05, 0) is 0 Å². The Balaban J connectivity index is 2.05. The van der Waals surface area contributed by atoms with Crippen LogP contribution in [-0.4, -0.2) is 6.66 Å². The summed E-state index contributed by atoms with van der Waals surface area (Å²) in [4.78, 5) is 0. The normalized spacial score (nSPS) is 20.1. The summed E-state index contributed by atoms with van der Waals surface area (Å²) in [6.07, 6.45) is 12.0. The van der Waals surface area contributed by atoms with Crippen molar-refractivity contribution in [3.05, 3.63) is 79.9 Å². The van der Waals surface area contributed by atoms with Crippen LogP contribution in [0.5, 0.6) is 0 Å². The van der Waals surface area contributed by atoms with Crippen molar-refractivity contribution in [3.8, 4) is 0 Å². The van der Waals surface area contributed by atoms with Crippen molar-refractivity contribution in [1.29, 1.82) is 0 Å². The number of aryl methyl sites for hydroxylation is 4. The van der Waals surface area contributed by atoms with E-state index in [0.717, 1.165) is 12.8 Å². The molecule has 0 radical (unpaired) electrons. The molecule has 0 heterocycles. The molecular formula is C32H45Cl2SiTi. The molecule has 0 nitrogen and oxygen atoms in total. The number of hydrogen-bond acceptors (Lipinski definition) is 0. The average Bonchev–Trinajstić information content (AvgIpc) is 3.43. The number of allylic oxidation sites excluding steroid dienone is 2. The van der Waals surface area contributed by atoms with Gasteiger partial charge >= 0.3 is 231 Å². The molecule has 4 rings (SSSR count). The predicted molar refractivity (Wildman–Crippen MR) is 163 cm³/mol. The Morgan fingerprint density at radius 1 is 0.667 bits per heavy atom. The molecule has 2 atom stereocenters. The van der Waals surface area contributed by atoms with E-state index in [1.807, 2.05) is 0 Å². The molecule has 195 valence electrons. The van der Waals surface area contributed by atoms with Gasteiger partial charge in [-0.15, -0.1) is 0 Å². The van der Waals surface area contributed by atoms with Crippen molar-refractivity contribution >= 4 is 37.4 Å². The van der Waals surface area contributed by atoms with Crippen LogP contribution in [0, 0.1) is 27.7 Å². The minimum atomic E-state index is -4.34. The molecule has 2 aliphatic carbocycles. The maximum atomic E-state index is 8.53. The van der Waals surface area contributed by atoms with Crippen molar-refractivity contribution in [1.82, 2.24) is 0 Å². The maximum absolute atomic E-state index is 8.53. The van der Waals surface area contributed by atoms with Gasteiger partial charge in [0.05, 0.1) is 0 Å². The third kappa shape index (κ3) is 4.40. The second kappa shape index (κ2) is 10.5. The zero-order valence-electron chi connectivity index (χ0n) is 23.7. The molecule has 0 saturated heterocycles. The van der Waals surface area contributed by atoms with E-state index < -0.39 is 19.1 Å². The van der Waals surface area contributed by atoms with Crippen LogP contribution in [0.15, 0.2) is 35.4 Å². The van der Waals surface area contributed by atoms with Gasteiger partial charge in [0.15, 0.2) is 0 Å². The van der Waals surface area contributed by atoms with Crippen LogP contribution < -0.4 is 0 Å². The van der Waals surface area contributed by atoms with Gasteiger partial charge in [0.25, 0.3) is 0 Å². The van der Waals surface area contributed by atoms with E-state index >= 15 is 0 Å². The third-order valence-electron chi connectivity index (χ3n) is 9.27. The molecule has 0 N–H and O–H groups in total. The summed E-state index contributed by atoms with van der Waals surface area (Å²) in [5.74, 6) is 0. The van der Waals surface area contributed by atoms with Gasteiger partial charge in [-0.1, -0.05) is 0 Å². The first-order valence-electron chi connectivity index (χ1n) is 14.2. The molecule has 0 aliphatic heterocycles. The van der Waals surface area contributed by atoms with Crippen molar-refractivity contribution in [2.24, 2.45) is 0 Å². The van der Waals surface area contributed by atoms with E-state index in [1.165, 1.54) is 81.3 Å². The number of halogens is 2. The number of rotatable bonds is 9. The van der Waals surface area contributed by atoms with Gasteiger partial charge in [0.2, 0.25) is 0 Å². The topological polar surface area (TPSA) is 0 Å². The molecule has 0 bridgehead atoms. The molecule has 0 amide bonds. The Bertz CT molecular complexity index is 1150. The summed E-state index contributed by atoms with van der Waals surface area (Å²) in [5, 5.41) is 0. The van der Waals surface area contributed by atoms with Crippen molar-refractivity contribution in [3.63, 3.8) is 0 Å². The Labute approximate surface area is 230 Å². The van der Waals surface area contributed by atoms with Crippen LogP contribution in [0.4, 0.5) is 0 Å². The molecular weight excluding hydrogens is 531 g/mol. The van der Waals surface area contributed by atoms with E-state index in [0.29, 0.717) is 0 Å². The molecule has 0 saturated carbocycles. The van der Waals surface area contributed by atoms with Crippen LogP contribution in [0.25, 0.3) is 12.2 Å². The standard InChI is InChI=1S/2C15H19.C2H7Si.2ClH.Ti/c2*1-4-5-6-13-9-14-11(2)7-8-12(3)15(14)10-13;1-3-2;;;/h2*7-10H,4-6H2,1-3H3;3H,1-2H3;2*1H;/q;;;;;+2/p-2. The molecule has 0 spiro atoms. The Morgan fingerprint density at radius 3 is 1.36 bits per heavy atom. The number of fused-ring (bicyclic) bond motifs is 2. The summed E-state index contributed by atoms with van der Waals surface area (Å²) in [7, 11) is 17.1. The molecule has 2 aromatic rings. The summed E-state index contributed by atoms with van der Waals surface area (Å²) in [6.45, 7) is 17.1. The van der Waals surface area contributed by atoms with Crippen molar-refractivity contribution in [2.45, 2.75) is 102 Å². The molecule has 4 heteroatoms. The summed E-state index contributed by atoms with van der Waals surface area (Å²) in [5.41, 5.74) is 14.3. The van der Waals surface area contributed by atoms with Gasteiger partial charge in [-0.25, -0.2) is 0 Å². The first-order valence-corrected chi connectivity index (χ1v) is 25.8. The van der Waals surface area contributed by atoms with Gasteiger partial charge in [-0.2, -0.15) is 0 Å². The number of benzene rings is 2. The van der Waals surface area contributed by atoms with Gasteiger partial charge in [0.1, 0.15) is 0 Å². The van der Waals surface area contributed by atoms with Gasteiger partial charge in [0, 0.05) is 0 Å². The Hall–Kier alpha value is -0.569. The molecule has 2 aliphatic rings. The Morgan fingerprint density at radius 2 is 1.03 bits per heavy atom. The van der Waals surface area contributed by atoms with E-state index in [-0.39, 0.29) is 8.45 Å². The fourth-order valence-corrected chi connectivity index (χ4v) is 28.2. The van der Waals surface area contributed by atoms with Gasteiger partial charge in [-0.3, -0.25) is 0 Å². The van der Waals surface area contributed by atoms with E-state index in [9.17, 15) is 0 Å². The second-order valence-corrected chi connectivity index (χ2v) is 41.2. The van der Waals surface area contributed by atoms with Crippen molar-refractivity contribution in [2.75, 3.05) is 0 Å². The average molecular weight is 577 g/mol. The summed E-state index contributed by atoms with van der Waals surface area (Å²) >= 11 is -4.34. The second-order valence-electron chi connectivity index (χ2n) is 11.9. The zero-order chi connectivity index (χ0) is 26.4. The molecule has 2 unspecified atom stereocenters. The summed E-state index contributed by atoms with van der Waals surface area (Å²) < 4.78 is 0.415. The molecule has 2 aromatic carbocycles. The van der Waals surface area contributed by atoms with Crippen LogP contribution in [0.2, 0.25) is 13.1 Å². The fourth-order valence-electron chi connectivity index (χ4n) is 7.05. The van der Waals surface area contributed by atoms with Crippen LogP contribution in [0.1, 0.15) is 105 Å². The van der Waals surface area contributed by atoms with E-state index in [4.69, 9.17) is 18.6 Å². The van der Waals surface area contributed by atoms with Crippen LogP contribution in [-0.2, 0) is 12.4 Å². The molecule has 0 aromatic heterocycles. The monoisotopic (exact) mass is 575 g/mol. The Kier molecular flexibility index (Phi) is 8.32.